The number of carbonyl (C=O) groups is 1. The number of aromatic nitrogens is 4. The van der Waals surface area contributed by atoms with Gasteiger partial charge in [0.25, 0.3) is 5.91 Å². The van der Waals surface area contributed by atoms with Gasteiger partial charge in [0.1, 0.15) is 6.33 Å². The van der Waals surface area contributed by atoms with Crippen molar-refractivity contribution in [2.45, 2.75) is 19.3 Å². The maximum absolute atomic E-state index is 13.0. The maximum atomic E-state index is 13.0. The fraction of sp³-hybridized carbons (Fsp3) is 0.300. The largest absolute Gasteiger partial charge is 0.454 e. The number of piperidine rings is 1. The van der Waals surface area contributed by atoms with Crippen LogP contribution in [-0.2, 0) is 0 Å². The summed E-state index contributed by atoms with van der Waals surface area (Å²) in [6.07, 6.45) is 5.05. The van der Waals surface area contributed by atoms with E-state index >= 15 is 0 Å². The van der Waals surface area contributed by atoms with E-state index in [4.69, 9.17) is 9.47 Å². The van der Waals surface area contributed by atoms with Crippen LogP contribution in [0.5, 0.6) is 11.5 Å². The zero-order chi connectivity index (χ0) is 19.6. The van der Waals surface area contributed by atoms with Crippen LogP contribution in [0.3, 0.4) is 0 Å². The molecule has 2 aliphatic heterocycles. The highest BCUT2D eigenvalue weighted by atomic mass is 16.7. The van der Waals surface area contributed by atoms with Crippen molar-refractivity contribution < 1.29 is 14.3 Å². The van der Waals surface area contributed by atoms with Crippen LogP contribution >= 0.6 is 0 Å². The fourth-order valence-corrected chi connectivity index (χ4v) is 3.69. The summed E-state index contributed by atoms with van der Waals surface area (Å²) in [6, 6.07) is 11.0. The van der Waals surface area contributed by atoms with Crippen molar-refractivity contribution in [3.8, 4) is 17.2 Å². The average Bonchev–Trinajstić information content (AvgIpc) is 3.46. The molecule has 2 aromatic carbocycles. The van der Waals surface area contributed by atoms with Gasteiger partial charge in [-0.2, -0.15) is 0 Å². The lowest BCUT2D eigenvalue weighted by molar-refractivity contribution is 0.102. The molecule has 0 saturated carbocycles. The molecule has 9 heteroatoms. The predicted octanol–water partition coefficient (Wildman–Crippen LogP) is 2.63. The number of hydrogen-bond donors (Lipinski definition) is 1. The molecule has 2 aliphatic rings. The van der Waals surface area contributed by atoms with E-state index < -0.39 is 0 Å². The molecule has 1 amide bonds. The van der Waals surface area contributed by atoms with Crippen molar-refractivity contribution >= 4 is 17.3 Å². The summed E-state index contributed by atoms with van der Waals surface area (Å²) in [6.45, 7) is 2.11. The number of amides is 1. The molecule has 29 heavy (non-hydrogen) atoms. The first-order valence-electron chi connectivity index (χ1n) is 9.61. The molecule has 3 heterocycles. The van der Waals surface area contributed by atoms with Crippen LogP contribution in [0.2, 0.25) is 0 Å². The van der Waals surface area contributed by atoms with Crippen LogP contribution in [-0.4, -0.2) is 46.0 Å². The van der Waals surface area contributed by atoms with E-state index in [1.165, 1.54) is 12.7 Å². The normalized spacial score (nSPS) is 15.4. The van der Waals surface area contributed by atoms with E-state index in [0.717, 1.165) is 43.0 Å². The van der Waals surface area contributed by atoms with Crippen LogP contribution in [0.25, 0.3) is 5.69 Å². The molecule has 1 saturated heterocycles. The zero-order valence-corrected chi connectivity index (χ0v) is 15.7. The van der Waals surface area contributed by atoms with Gasteiger partial charge >= 0.3 is 0 Å². The Balaban J connectivity index is 1.47. The number of hydrogen-bond acceptors (Lipinski definition) is 7. The minimum absolute atomic E-state index is 0.174. The lowest BCUT2D eigenvalue weighted by Gasteiger charge is -2.30. The quantitative estimate of drug-likeness (QED) is 0.729. The molecule has 0 unspecified atom stereocenters. The molecule has 0 bridgehead atoms. The smallest absolute Gasteiger partial charge is 0.255 e. The van der Waals surface area contributed by atoms with Crippen LogP contribution < -0.4 is 19.7 Å². The number of rotatable bonds is 4. The Morgan fingerprint density at radius 1 is 1.00 bits per heavy atom. The second kappa shape index (κ2) is 7.42. The Bertz CT molecular complexity index is 1030. The lowest BCUT2D eigenvalue weighted by Crippen LogP contribution is -2.30. The van der Waals surface area contributed by atoms with E-state index in [9.17, 15) is 4.79 Å². The Kier molecular flexibility index (Phi) is 4.47. The number of carbonyl (C=O) groups excluding carboxylic acids is 1. The maximum Gasteiger partial charge on any atom is 0.255 e. The van der Waals surface area contributed by atoms with Crippen molar-refractivity contribution in [1.82, 2.24) is 20.2 Å². The monoisotopic (exact) mass is 392 g/mol. The molecule has 148 valence electrons. The average molecular weight is 392 g/mol. The Hall–Kier alpha value is -3.62. The SMILES string of the molecule is O=C(Nc1cc(-n2cnnn2)ccc1N1CCCCC1)c1ccc2c(c1)OCO2. The molecule has 9 nitrogen and oxygen atoms in total. The van der Waals surface area contributed by atoms with Crippen LogP contribution in [0.15, 0.2) is 42.7 Å². The van der Waals surface area contributed by atoms with Gasteiger partial charge in [0.15, 0.2) is 11.5 Å². The molecule has 1 N–H and O–H groups in total. The van der Waals surface area contributed by atoms with Gasteiger partial charge in [-0.3, -0.25) is 4.79 Å². The summed E-state index contributed by atoms with van der Waals surface area (Å²) >= 11 is 0. The standard InChI is InChI=1S/C20H20N6O3/c27-20(14-4-7-18-19(10-14)29-13-28-18)22-16-11-15(26-12-21-23-24-26)5-6-17(16)25-8-2-1-3-9-25/h4-7,10-12H,1-3,8-9,13H2,(H,22,27). The van der Waals surface area contributed by atoms with Crippen molar-refractivity contribution in [1.29, 1.82) is 0 Å². The number of tetrazole rings is 1. The summed E-state index contributed by atoms with van der Waals surface area (Å²) in [5, 5.41) is 14.4. The van der Waals surface area contributed by atoms with E-state index in [1.54, 1.807) is 22.9 Å². The van der Waals surface area contributed by atoms with Crippen LogP contribution in [0.1, 0.15) is 29.6 Å². The zero-order valence-electron chi connectivity index (χ0n) is 15.7. The van der Waals surface area contributed by atoms with E-state index in [2.05, 4.69) is 25.7 Å². The Labute approximate surface area is 167 Å². The molecule has 3 aromatic rings. The second-order valence-electron chi connectivity index (χ2n) is 7.03. The molecular formula is C20H20N6O3. The molecule has 0 atom stereocenters. The lowest BCUT2D eigenvalue weighted by atomic mass is 10.1. The summed E-state index contributed by atoms with van der Waals surface area (Å²) < 4.78 is 12.3. The molecule has 0 aliphatic carbocycles. The van der Waals surface area contributed by atoms with Gasteiger partial charge in [-0.25, -0.2) is 4.68 Å². The summed E-state index contributed by atoms with van der Waals surface area (Å²) in [4.78, 5) is 15.3. The molecule has 1 fully saturated rings. The summed E-state index contributed by atoms with van der Waals surface area (Å²) in [7, 11) is 0. The highest BCUT2D eigenvalue weighted by molar-refractivity contribution is 6.06. The molecule has 0 spiro atoms. The van der Waals surface area contributed by atoms with Gasteiger partial charge in [-0.1, -0.05) is 0 Å². The topological polar surface area (TPSA) is 94.4 Å². The predicted molar refractivity (Wildman–Crippen MR) is 106 cm³/mol. The summed E-state index contributed by atoms with van der Waals surface area (Å²) in [5.74, 6) is 1.02. The van der Waals surface area contributed by atoms with Gasteiger partial charge < -0.3 is 19.7 Å². The van der Waals surface area contributed by atoms with Crippen molar-refractivity contribution in [2.24, 2.45) is 0 Å². The third-order valence-corrected chi connectivity index (χ3v) is 5.17. The van der Waals surface area contributed by atoms with Gasteiger partial charge in [-0.05, 0) is 66.1 Å². The van der Waals surface area contributed by atoms with Crippen LogP contribution in [0, 0.1) is 0 Å². The first-order valence-corrected chi connectivity index (χ1v) is 9.61. The number of nitrogens with one attached hydrogen (secondary N) is 1. The minimum atomic E-state index is -0.213. The number of anilines is 2. The summed E-state index contributed by atoms with van der Waals surface area (Å²) in [5.41, 5.74) is 3.00. The molecule has 0 radical (unpaired) electrons. The molecular weight excluding hydrogens is 372 g/mol. The van der Waals surface area contributed by atoms with Crippen LogP contribution in [0.4, 0.5) is 11.4 Å². The number of nitrogens with zero attached hydrogens (tertiary/aromatic N) is 5. The fourth-order valence-electron chi connectivity index (χ4n) is 3.69. The third kappa shape index (κ3) is 3.46. The van der Waals surface area contributed by atoms with Gasteiger partial charge in [0, 0.05) is 18.7 Å². The number of ether oxygens (including phenoxy) is 2. The van der Waals surface area contributed by atoms with Crippen molar-refractivity contribution in [2.75, 3.05) is 30.1 Å². The first kappa shape index (κ1) is 17.5. The van der Waals surface area contributed by atoms with E-state index in [1.807, 2.05) is 18.2 Å². The highest BCUT2D eigenvalue weighted by Crippen LogP contribution is 2.34. The minimum Gasteiger partial charge on any atom is -0.454 e. The third-order valence-electron chi connectivity index (χ3n) is 5.17. The van der Waals surface area contributed by atoms with Gasteiger partial charge in [0.05, 0.1) is 17.1 Å². The number of benzene rings is 2. The van der Waals surface area contributed by atoms with Crippen molar-refractivity contribution in [3.05, 3.63) is 48.3 Å². The highest BCUT2D eigenvalue weighted by Gasteiger charge is 2.20. The second-order valence-corrected chi connectivity index (χ2v) is 7.03. The number of fused-ring (bicyclic) bond motifs is 1. The Morgan fingerprint density at radius 3 is 2.69 bits per heavy atom. The Morgan fingerprint density at radius 2 is 1.86 bits per heavy atom. The van der Waals surface area contributed by atoms with Gasteiger partial charge in [-0.15, -0.1) is 5.10 Å². The first-order chi connectivity index (χ1) is 14.3. The molecule has 1 aromatic heterocycles. The van der Waals surface area contributed by atoms with E-state index in [0.29, 0.717) is 17.1 Å². The van der Waals surface area contributed by atoms with E-state index in [-0.39, 0.29) is 12.7 Å². The van der Waals surface area contributed by atoms with Crippen molar-refractivity contribution in [3.63, 3.8) is 0 Å². The molecule has 5 rings (SSSR count). The van der Waals surface area contributed by atoms with Gasteiger partial charge in [0.2, 0.25) is 6.79 Å².